The number of aliphatic hydroxyl groups excluding tert-OH is 1. The Hall–Kier alpha value is -3.10. The van der Waals surface area contributed by atoms with E-state index in [0.29, 0.717) is 19.6 Å². The molecule has 6 rings (SSSR count). The number of hydrogen-bond acceptors (Lipinski definition) is 5. The van der Waals surface area contributed by atoms with Gasteiger partial charge in [-0.1, -0.05) is 61.6 Å². The van der Waals surface area contributed by atoms with Crippen LogP contribution in [0, 0.1) is 11.8 Å². The van der Waals surface area contributed by atoms with E-state index in [9.17, 15) is 19.5 Å². The third-order valence-electron chi connectivity index (χ3n) is 8.46. The Labute approximate surface area is 227 Å². The van der Waals surface area contributed by atoms with E-state index in [1.165, 1.54) is 0 Å². The molecule has 2 aromatic rings. The zero-order valence-corrected chi connectivity index (χ0v) is 22.5. The first-order chi connectivity index (χ1) is 18.4. The fourth-order valence-electron chi connectivity index (χ4n) is 6.74. The molecule has 2 saturated heterocycles. The highest BCUT2D eigenvalue weighted by atomic mass is 32.2. The van der Waals surface area contributed by atoms with Gasteiger partial charge in [0.15, 0.2) is 0 Å². The lowest BCUT2D eigenvalue weighted by atomic mass is 9.78. The highest BCUT2D eigenvalue weighted by Crippen LogP contribution is 2.61. The minimum absolute atomic E-state index is 0.0155. The van der Waals surface area contributed by atoms with Crippen molar-refractivity contribution in [3.63, 3.8) is 0 Å². The number of nitrogens with zero attached hydrogens (tertiary/aromatic N) is 3. The summed E-state index contributed by atoms with van der Waals surface area (Å²) in [6.07, 6.45) is 8.93. The first-order valence-electron chi connectivity index (χ1n) is 13.5. The summed E-state index contributed by atoms with van der Waals surface area (Å²) in [5.41, 5.74) is 0.769. The molecular formula is C30H33N3O4S. The summed E-state index contributed by atoms with van der Waals surface area (Å²) in [5.74, 6) is -1.61. The van der Waals surface area contributed by atoms with Gasteiger partial charge in [-0.25, -0.2) is 0 Å². The number of carbonyl (C=O) groups excluding carboxylic acids is 3. The topological polar surface area (TPSA) is 81.2 Å². The van der Waals surface area contributed by atoms with Crippen molar-refractivity contribution in [1.29, 1.82) is 0 Å². The number of carbonyl (C=O) groups is 3. The van der Waals surface area contributed by atoms with Gasteiger partial charge in [0, 0.05) is 30.6 Å². The molecule has 198 valence electrons. The van der Waals surface area contributed by atoms with Crippen molar-refractivity contribution in [3.05, 3.63) is 66.8 Å². The summed E-state index contributed by atoms with van der Waals surface area (Å²) < 4.78 is -0.881. The minimum Gasteiger partial charge on any atom is -0.394 e. The fraction of sp³-hybridized carbons (Fsp3) is 0.433. The fourth-order valence-corrected chi connectivity index (χ4v) is 8.73. The summed E-state index contributed by atoms with van der Waals surface area (Å²) in [6, 6.07) is 12.6. The van der Waals surface area contributed by atoms with Crippen molar-refractivity contribution in [1.82, 2.24) is 9.80 Å². The molecule has 38 heavy (non-hydrogen) atoms. The molecular weight excluding hydrogens is 498 g/mol. The number of likely N-dealkylation sites (tertiary alicyclic amines) is 1. The molecule has 3 amide bonds. The molecule has 0 aliphatic carbocycles. The maximum absolute atomic E-state index is 14.5. The van der Waals surface area contributed by atoms with Crippen LogP contribution in [0.4, 0.5) is 5.69 Å². The number of hydrogen-bond donors (Lipinski definition) is 1. The average Bonchev–Trinajstić information content (AvgIpc) is 3.25. The van der Waals surface area contributed by atoms with E-state index in [-0.39, 0.29) is 29.6 Å². The number of thioether (sulfide) groups is 1. The Balaban J connectivity index is 1.45. The van der Waals surface area contributed by atoms with E-state index in [1.54, 1.807) is 28.5 Å². The van der Waals surface area contributed by atoms with Crippen molar-refractivity contribution in [2.75, 3.05) is 31.1 Å². The molecule has 4 aliphatic heterocycles. The smallest absolute Gasteiger partial charge is 0.251 e. The van der Waals surface area contributed by atoms with E-state index >= 15 is 0 Å². The first-order valence-corrected chi connectivity index (χ1v) is 14.3. The van der Waals surface area contributed by atoms with Crippen LogP contribution in [0.3, 0.4) is 0 Å². The average molecular weight is 532 g/mol. The molecule has 4 heterocycles. The molecule has 8 heteroatoms. The van der Waals surface area contributed by atoms with E-state index < -0.39 is 28.7 Å². The number of rotatable bonds is 5. The van der Waals surface area contributed by atoms with Gasteiger partial charge in [0.05, 0.1) is 29.2 Å². The van der Waals surface area contributed by atoms with Crippen LogP contribution in [0.25, 0.3) is 10.8 Å². The van der Waals surface area contributed by atoms with Crippen molar-refractivity contribution in [3.8, 4) is 0 Å². The zero-order chi connectivity index (χ0) is 26.6. The lowest BCUT2D eigenvalue weighted by Gasteiger charge is -2.37. The molecule has 2 fully saturated rings. The molecule has 0 saturated carbocycles. The lowest BCUT2D eigenvalue weighted by molar-refractivity contribution is -0.144. The molecule has 4 aliphatic rings. The van der Waals surface area contributed by atoms with E-state index in [4.69, 9.17) is 0 Å². The number of benzene rings is 2. The Morgan fingerprint density at radius 2 is 1.82 bits per heavy atom. The normalized spacial score (nSPS) is 31.3. The Morgan fingerprint density at radius 3 is 2.58 bits per heavy atom. The third-order valence-corrected chi connectivity index (χ3v) is 10.2. The molecule has 2 aromatic carbocycles. The van der Waals surface area contributed by atoms with Gasteiger partial charge in [0.2, 0.25) is 11.8 Å². The van der Waals surface area contributed by atoms with Crippen LogP contribution >= 0.6 is 11.8 Å². The van der Waals surface area contributed by atoms with Crippen molar-refractivity contribution >= 4 is 45.9 Å². The van der Waals surface area contributed by atoms with Crippen LogP contribution in [0.15, 0.2) is 66.8 Å². The Morgan fingerprint density at radius 1 is 1.03 bits per heavy atom. The summed E-state index contributed by atoms with van der Waals surface area (Å²) >= 11 is 1.57. The molecule has 0 aromatic heterocycles. The second kappa shape index (κ2) is 9.58. The maximum Gasteiger partial charge on any atom is 0.251 e. The van der Waals surface area contributed by atoms with Crippen LogP contribution < -0.4 is 4.90 Å². The predicted molar refractivity (Wildman–Crippen MR) is 150 cm³/mol. The summed E-state index contributed by atoms with van der Waals surface area (Å²) in [7, 11) is 0. The standard InChI is InChI=1S/C30H33N3O4S/c1-3-14-31-15-6-10-23-24(27(31)35)25-28(36)33(19(2)18-34)26-29(37)32(16-7-13-30(25,26)38-23)22-12-11-20-8-4-5-9-21(20)17-22/h4-13,17,19,23-26,34H,3,14-16,18H2,1-2H3/t19-,23+,24-,25+,26?,30+/m1/s1. The summed E-state index contributed by atoms with van der Waals surface area (Å²) in [6.45, 7) is 5.11. The van der Waals surface area contributed by atoms with Gasteiger partial charge in [-0.15, -0.1) is 11.8 Å². The van der Waals surface area contributed by atoms with E-state index in [0.717, 1.165) is 22.9 Å². The number of anilines is 1. The van der Waals surface area contributed by atoms with Gasteiger partial charge in [-0.3, -0.25) is 14.4 Å². The highest BCUT2D eigenvalue weighted by molar-refractivity contribution is 8.02. The second-order valence-corrected chi connectivity index (χ2v) is 12.2. The maximum atomic E-state index is 14.5. The van der Waals surface area contributed by atoms with Gasteiger partial charge >= 0.3 is 0 Å². The quantitative estimate of drug-likeness (QED) is 0.600. The van der Waals surface area contributed by atoms with Crippen molar-refractivity contribution in [2.24, 2.45) is 11.8 Å². The Kier molecular flexibility index (Phi) is 6.35. The third kappa shape index (κ3) is 3.64. The minimum atomic E-state index is -0.881. The van der Waals surface area contributed by atoms with Gasteiger partial charge in [-0.05, 0) is 36.2 Å². The monoisotopic (exact) mass is 531 g/mol. The van der Waals surface area contributed by atoms with Gasteiger partial charge in [-0.2, -0.15) is 0 Å². The number of fused-ring (bicyclic) bond motifs is 3. The summed E-state index contributed by atoms with van der Waals surface area (Å²) in [5, 5.41) is 12.1. The molecule has 1 N–H and O–H groups in total. The van der Waals surface area contributed by atoms with Crippen LogP contribution in [0.5, 0.6) is 0 Å². The summed E-state index contributed by atoms with van der Waals surface area (Å²) in [4.78, 5) is 47.7. The molecule has 6 atom stereocenters. The van der Waals surface area contributed by atoms with E-state index in [1.807, 2.05) is 72.5 Å². The molecule has 0 bridgehead atoms. The second-order valence-electron chi connectivity index (χ2n) is 10.7. The van der Waals surface area contributed by atoms with Crippen molar-refractivity contribution < 1.29 is 19.5 Å². The van der Waals surface area contributed by atoms with Gasteiger partial charge < -0.3 is 19.8 Å². The van der Waals surface area contributed by atoms with Crippen LogP contribution in [0.1, 0.15) is 20.3 Å². The van der Waals surface area contributed by atoms with Crippen LogP contribution in [-0.4, -0.2) is 80.9 Å². The SMILES string of the molecule is CCCN1CC=C[C@@H]2S[C@]34C=CCN(c5ccc6ccccc6c5)C(=O)C3N([C@H](C)CO)C(=O)[C@@H]4[C@@H]2C1=O. The van der Waals surface area contributed by atoms with E-state index in [2.05, 4.69) is 6.08 Å². The van der Waals surface area contributed by atoms with Crippen LogP contribution in [0.2, 0.25) is 0 Å². The largest absolute Gasteiger partial charge is 0.394 e. The predicted octanol–water partition coefficient (Wildman–Crippen LogP) is 3.23. The molecule has 1 unspecified atom stereocenters. The number of aliphatic hydroxyl groups is 1. The molecule has 0 radical (unpaired) electrons. The van der Waals surface area contributed by atoms with Crippen molar-refractivity contribution in [2.45, 2.75) is 42.3 Å². The Bertz CT molecular complexity index is 1360. The van der Waals surface area contributed by atoms with Gasteiger partial charge in [0.1, 0.15) is 6.04 Å². The first kappa shape index (κ1) is 25.2. The lowest BCUT2D eigenvalue weighted by Crippen LogP contribution is -2.56. The molecule has 7 nitrogen and oxygen atoms in total. The highest BCUT2D eigenvalue weighted by Gasteiger charge is 2.71. The zero-order valence-electron chi connectivity index (χ0n) is 21.7. The molecule has 1 spiro atoms. The number of amides is 3. The van der Waals surface area contributed by atoms with Crippen LogP contribution in [-0.2, 0) is 14.4 Å². The van der Waals surface area contributed by atoms with Gasteiger partial charge in [0.25, 0.3) is 5.91 Å².